The van der Waals surface area contributed by atoms with Gasteiger partial charge in [0.2, 0.25) is 0 Å². The molecule has 1 aromatic heterocycles. The summed E-state index contributed by atoms with van der Waals surface area (Å²) >= 11 is 3.43. The van der Waals surface area contributed by atoms with Gasteiger partial charge >= 0.3 is 0 Å². The zero-order valence-corrected chi connectivity index (χ0v) is 13.8. The van der Waals surface area contributed by atoms with Crippen molar-refractivity contribution < 1.29 is 4.79 Å². The molecule has 0 bridgehead atoms. The lowest BCUT2D eigenvalue weighted by Gasteiger charge is -2.03. The molecule has 2 rings (SSSR count). The Hall–Kier alpha value is -1.95. The third-order valence-electron chi connectivity index (χ3n) is 3.07. The van der Waals surface area contributed by atoms with Crippen LogP contribution in [-0.2, 0) is 11.3 Å². The van der Waals surface area contributed by atoms with Crippen LogP contribution in [0.2, 0.25) is 0 Å². The summed E-state index contributed by atoms with van der Waals surface area (Å²) in [5.41, 5.74) is 6.42. The highest BCUT2D eigenvalue weighted by atomic mass is 79.9. The number of nitrogens with one attached hydrogen (secondary N) is 1. The Kier molecular flexibility index (Phi) is 4.90. The van der Waals surface area contributed by atoms with E-state index in [-0.39, 0.29) is 12.5 Å². The van der Waals surface area contributed by atoms with E-state index in [2.05, 4.69) is 31.6 Å². The molecule has 21 heavy (non-hydrogen) atoms. The highest BCUT2D eigenvalue weighted by molar-refractivity contribution is 9.10. The highest BCUT2D eigenvalue weighted by Crippen LogP contribution is 2.19. The van der Waals surface area contributed by atoms with Gasteiger partial charge in [-0.05, 0) is 42.3 Å². The van der Waals surface area contributed by atoms with Crippen LogP contribution >= 0.6 is 15.9 Å². The molecule has 0 aliphatic rings. The summed E-state index contributed by atoms with van der Waals surface area (Å²) in [6.45, 7) is 5.96. The third-order valence-corrected chi connectivity index (χ3v) is 4.21. The first kappa shape index (κ1) is 15.4. The minimum absolute atomic E-state index is 0.142. The molecule has 0 radical (unpaired) electrons. The predicted molar refractivity (Wildman–Crippen MR) is 86.3 cm³/mol. The van der Waals surface area contributed by atoms with Gasteiger partial charge in [0.1, 0.15) is 6.54 Å². The zero-order valence-electron chi connectivity index (χ0n) is 12.2. The number of halogens is 1. The predicted octanol–water partition coefficient (Wildman–Crippen LogP) is 2.72. The number of aromatic nitrogens is 2. The minimum Gasteiger partial charge on any atom is -0.271 e. The molecule has 1 aromatic carbocycles. The second-order valence-electron chi connectivity index (χ2n) is 4.85. The molecule has 5 nitrogen and oxygen atoms in total. The smallest absolute Gasteiger partial charge is 0.261 e. The van der Waals surface area contributed by atoms with Gasteiger partial charge in [0, 0.05) is 0 Å². The van der Waals surface area contributed by atoms with Crippen LogP contribution in [0.25, 0.3) is 0 Å². The van der Waals surface area contributed by atoms with Crippen molar-refractivity contribution in [2.24, 2.45) is 5.10 Å². The average Bonchev–Trinajstić information content (AvgIpc) is 2.68. The van der Waals surface area contributed by atoms with E-state index in [0.717, 1.165) is 21.4 Å². The fraction of sp³-hybridized carbons (Fsp3) is 0.267. The molecule has 0 saturated carbocycles. The van der Waals surface area contributed by atoms with E-state index < -0.39 is 0 Å². The molecule has 0 saturated heterocycles. The number of hydrazone groups is 1. The van der Waals surface area contributed by atoms with Crippen LogP contribution in [-0.4, -0.2) is 21.9 Å². The molecule has 1 amide bonds. The normalized spacial score (nSPS) is 11.0. The van der Waals surface area contributed by atoms with E-state index in [1.165, 1.54) is 5.56 Å². The number of hydrogen-bond acceptors (Lipinski definition) is 3. The lowest BCUT2D eigenvalue weighted by molar-refractivity contribution is -0.121. The van der Waals surface area contributed by atoms with Crippen LogP contribution in [0.4, 0.5) is 0 Å². The maximum Gasteiger partial charge on any atom is 0.261 e. The van der Waals surface area contributed by atoms with Crippen LogP contribution in [0.5, 0.6) is 0 Å². The lowest BCUT2D eigenvalue weighted by Crippen LogP contribution is -2.24. The molecule has 1 heterocycles. The molecule has 110 valence electrons. The SMILES string of the molecule is Cc1ccc(C=NNC(=O)Cn2nc(C)c(Br)c2C)cc1. The van der Waals surface area contributed by atoms with E-state index in [0.29, 0.717) is 0 Å². The van der Waals surface area contributed by atoms with Crippen LogP contribution < -0.4 is 5.43 Å². The Balaban J connectivity index is 1.93. The Labute approximate surface area is 132 Å². The summed E-state index contributed by atoms with van der Waals surface area (Å²) < 4.78 is 2.58. The molecule has 2 aromatic rings. The summed E-state index contributed by atoms with van der Waals surface area (Å²) in [4.78, 5) is 11.8. The first-order chi connectivity index (χ1) is 9.97. The van der Waals surface area contributed by atoms with E-state index >= 15 is 0 Å². The molecule has 1 N–H and O–H groups in total. The Morgan fingerprint density at radius 3 is 2.57 bits per heavy atom. The molecule has 0 unspecified atom stereocenters. The molecule has 0 aliphatic heterocycles. The highest BCUT2D eigenvalue weighted by Gasteiger charge is 2.11. The van der Waals surface area contributed by atoms with Crippen molar-refractivity contribution in [2.45, 2.75) is 27.3 Å². The van der Waals surface area contributed by atoms with E-state index in [4.69, 9.17) is 0 Å². The van der Waals surface area contributed by atoms with Gasteiger partial charge in [-0.1, -0.05) is 29.8 Å². The van der Waals surface area contributed by atoms with Gasteiger partial charge in [-0.3, -0.25) is 9.48 Å². The number of nitrogens with zero attached hydrogens (tertiary/aromatic N) is 3. The van der Waals surface area contributed by atoms with E-state index in [1.54, 1.807) is 10.9 Å². The first-order valence-corrected chi connectivity index (χ1v) is 7.34. The van der Waals surface area contributed by atoms with Gasteiger partial charge in [-0.15, -0.1) is 0 Å². The fourth-order valence-electron chi connectivity index (χ4n) is 1.83. The second kappa shape index (κ2) is 6.67. The third kappa shape index (κ3) is 4.01. The summed E-state index contributed by atoms with van der Waals surface area (Å²) in [6, 6.07) is 7.89. The molecule has 0 atom stereocenters. The number of rotatable bonds is 4. The van der Waals surface area contributed by atoms with Gasteiger partial charge in [-0.2, -0.15) is 10.2 Å². The lowest BCUT2D eigenvalue weighted by atomic mass is 10.2. The Morgan fingerprint density at radius 1 is 1.33 bits per heavy atom. The summed E-state index contributed by atoms with van der Waals surface area (Å²) in [5, 5.41) is 8.23. The van der Waals surface area contributed by atoms with Crippen LogP contribution in [0.3, 0.4) is 0 Å². The van der Waals surface area contributed by atoms with Crippen LogP contribution in [0, 0.1) is 20.8 Å². The van der Waals surface area contributed by atoms with Gasteiger partial charge in [0.15, 0.2) is 0 Å². The van der Waals surface area contributed by atoms with Crippen molar-refractivity contribution >= 4 is 28.1 Å². The van der Waals surface area contributed by atoms with Gasteiger partial charge in [-0.25, -0.2) is 5.43 Å². The number of carbonyl (C=O) groups excluding carboxylic acids is 1. The second-order valence-corrected chi connectivity index (χ2v) is 5.64. The van der Waals surface area contributed by atoms with Gasteiger partial charge in [0.25, 0.3) is 5.91 Å². The quantitative estimate of drug-likeness (QED) is 0.682. The standard InChI is InChI=1S/C15H17BrN4O/c1-10-4-6-13(7-5-10)8-17-18-14(21)9-20-12(3)15(16)11(2)19-20/h4-8H,9H2,1-3H3,(H,18,21). The maximum atomic E-state index is 11.8. The number of benzene rings is 1. The summed E-state index contributed by atoms with van der Waals surface area (Å²) in [7, 11) is 0. The van der Waals surface area contributed by atoms with Crippen LogP contribution in [0.15, 0.2) is 33.8 Å². The number of aryl methyl sites for hydroxylation is 2. The molecular formula is C15H17BrN4O. The topological polar surface area (TPSA) is 59.3 Å². The number of hydrogen-bond donors (Lipinski definition) is 1. The molecule has 0 spiro atoms. The van der Waals surface area contributed by atoms with Crippen molar-refractivity contribution in [3.63, 3.8) is 0 Å². The van der Waals surface area contributed by atoms with Crippen molar-refractivity contribution in [1.29, 1.82) is 0 Å². The fourth-order valence-corrected chi connectivity index (χ4v) is 2.12. The monoisotopic (exact) mass is 348 g/mol. The molecule has 6 heteroatoms. The number of amides is 1. The molecular weight excluding hydrogens is 332 g/mol. The van der Waals surface area contributed by atoms with Gasteiger partial charge in [0.05, 0.1) is 22.1 Å². The maximum absolute atomic E-state index is 11.8. The van der Waals surface area contributed by atoms with E-state index in [1.807, 2.05) is 45.0 Å². The van der Waals surface area contributed by atoms with Crippen LogP contribution in [0.1, 0.15) is 22.5 Å². The summed E-state index contributed by atoms with van der Waals surface area (Å²) in [5.74, 6) is -0.212. The van der Waals surface area contributed by atoms with E-state index in [9.17, 15) is 4.79 Å². The molecule has 0 fully saturated rings. The Bertz CT molecular complexity index is 674. The van der Waals surface area contributed by atoms with Crippen molar-refractivity contribution in [3.8, 4) is 0 Å². The average molecular weight is 349 g/mol. The Morgan fingerprint density at radius 2 is 2.00 bits per heavy atom. The van der Waals surface area contributed by atoms with Crippen molar-refractivity contribution in [1.82, 2.24) is 15.2 Å². The number of carbonyl (C=O) groups is 1. The van der Waals surface area contributed by atoms with Crippen molar-refractivity contribution in [2.75, 3.05) is 0 Å². The first-order valence-electron chi connectivity index (χ1n) is 6.55. The summed E-state index contributed by atoms with van der Waals surface area (Å²) in [6.07, 6.45) is 1.62. The minimum atomic E-state index is -0.212. The largest absolute Gasteiger partial charge is 0.271 e. The van der Waals surface area contributed by atoms with Gasteiger partial charge < -0.3 is 0 Å². The van der Waals surface area contributed by atoms with Crippen molar-refractivity contribution in [3.05, 3.63) is 51.3 Å². The molecule has 0 aliphatic carbocycles. The zero-order chi connectivity index (χ0) is 15.4.